The number of amides is 1. The van der Waals surface area contributed by atoms with Crippen LogP contribution in [-0.2, 0) is 6.42 Å². The fraction of sp³-hybridized carbons (Fsp3) is 0.118. The molecule has 110 valence electrons. The molecule has 0 unspecified atom stereocenters. The summed E-state index contributed by atoms with van der Waals surface area (Å²) in [5.74, 6) is -0.357. The Labute approximate surface area is 133 Å². The first kappa shape index (κ1) is 14.5. The molecular formula is C17H14ClN3O. The number of rotatable bonds is 3. The number of hydrogen-bond acceptors (Lipinski definition) is 3. The number of aromatic nitrogens is 2. The highest BCUT2D eigenvalue weighted by Crippen LogP contribution is 2.20. The van der Waals surface area contributed by atoms with Gasteiger partial charge in [-0.2, -0.15) is 0 Å². The Morgan fingerprint density at radius 2 is 1.68 bits per heavy atom. The topological polar surface area (TPSA) is 54.9 Å². The number of para-hydroxylation sites is 3. The predicted octanol–water partition coefficient (Wildman–Crippen LogP) is 4.10. The summed E-state index contributed by atoms with van der Waals surface area (Å²) in [5, 5.41) is 2.96. The minimum atomic E-state index is -0.357. The zero-order valence-electron chi connectivity index (χ0n) is 12.0. The van der Waals surface area contributed by atoms with E-state index >= 15 is 0 Å². The second-order valence-corrected chi connectivity index (χ2v) is 5.17. The van der Waals surface area contributed by atoms with Gasteiger partial charge in [0.1, 0.15) is 0 Å². The van der Waals surface area contributed by atoms with Gasteiger partial charge >= 0.3 is 0 Å². The SMILES string of the molecule is CCc1ccccc1NC(=O)c1nc2ccccc2nc1Cl. The number of nitrogens with zero attached hydrogens (tertiary/aromatic N) is 2. The Hall–Kier alpha value is -2.46. The second-order valence-electron chi connectivity index (χ2n) is 4.82. The van der Waals surface area contributed by atoms with E-state index in [2.05, 4.69) is 15.3 Å². The van der Waals surface area contributed by atoms with Gasteiger partial charge in [-0.1, -0.05) is 48.9 Å². The molecule has 0 bridgehead atoms. The van der Waals surface area contributed by atoms with Crippen LogP contribution in [0.5, 0.6) is 0 Å². The fourth-order valence-corrected chi connectivity index (χ4v) is 2.47. The average Bonchev–Trinajstić information content (AvgIpc) is 2.54. The highest BCUT2D eigenvalue weighted by Gasteiger charge is 2.16. The summed E-state index contributed by atoms with van der Waals surface area (Å²) in [5.41, 5.74) is 3.26. The van der Waals surface area contributed by atoms with Crippen LogP contribution < -0.4 is 5.32 Å². The Morgan fingerprint density at radius 3 is 2.41 bits per heavy atom. The van der Waals surface area contributed by atoms with Crippen molar-refractivity contribution in [3.8, 4) is 0 Å². The van der Waals surface area contributed by atoms with E-state index in [0.717, 1.165) is 17.7 Å². The van der Waals surface area contributed by atoms with E-state index in [-0.39, 0.29) is 16.8 Å². The Morgan fingerprint density at radius 1 is 1.05 bits per heavy atom. The van der Waals surface area contributed by atoms with Gasteiger partial charge in [-0.15, -0.1) is 0 Å². The van der Waals surface area contributed by atoms with Crippen LogP contribution in [0.2, 0.25) is 5.15 Å². The summed E-state index contributed by atoms with van der Waals surface area (Å²) >= 11 is 6.10. The number of anilines is 1. The van der Waals surface area contributed by atoms with Crippen molar-refractivity contribution in [2.75, 3.05) is 5.32 Å². The van der Waals surface area contributed by atoms with Gasteiger partial charge in [0.2, 0.25) is 0 Å². The number of aryl methyl sites for hydroxylation is 1. The summed E-state index contributed by atoms with van der Waals surface area (Å²) in [6.07, 6.45) is 0.827. The number of halogens is 1. The number of benzene rings is 2. The predicted molar refractivity (Wildman–Crippen MR) is 88.3 cm³/mol. The number of fused-ring (bicyclic) bond motifs is 1. The molecule has 1 aromatic heterocycles. The van der Waals surface area contributed by atoms with Crippen molar-refractivity contribution < 1.29 is 4.79 Å². The Kier molecular flexibility index (Phi) is 4.02. The van der Waals surface area contributed by atoms with Gasteiger partial charge in [0.05, 0.1) is 11.0 Å². The largest absolute Gasteiger partial charge is 0.320 e. The van der Waals surface area contributed by atoms with Gasteiger partial charge in [0.25, 0.3) is 5.91 Å². The molecule has 0 spiro atoms. The van der Waals surface area contributed by atoms with E-state index in [0.29, 0.717) is 11.0 Å². The smallest absolute Gasteiger partial charge is 0.277 e. The van der Waals surface area contributed by atoms with E-state index in [4.69, 9.17) is 11.6 Å². The average molecular weight is 312 g/mol. The summed E-state index contributed by atoms with van der Waals surface area (Å²) in [4.78, 5) is 21.0. The lowest BCUT2D eigenvalue weighted by molar-refractivity contribution is 0.102. The first-order valence-electron chi connectivity index (χ1n) is 7.00. The van der Waals surface area contributed by atoms with Crippen LogP contribution in [0.4, 0.5) is 5.69 Å². The van der Waals surface area contributed by atoms with Gasteiger partial charge in [-0.25, -0.2) is 9.97 Å². The lowest BCUT2D eigenvalue weighted by atomic mass is 10.1. The Balaban J connectivity index is 1.97. The van der Waals surface area contributed by atoms with Gasteiger partial charge in [0, 0.05) is 5.69 Å². The van der Waals surface area contributed by atoms with Crippen LogP contribution in [0.1, 0.15) is 23.0 Å². The summed E-state index contributed by atoms with van der Waals surface area (Å²) in [7, 11) is 0. The molecule has 0 aliphatic carbocycles. The standard InChI is InChI=1S/C17H14ClN3O/c1-2-11-7-3-4-8-12(11)21-17(22)15-16(18)20-14-10-6-5-9-13(14)19-15/h3-10H,2H2,1H3,(H,21,22). The maximum atomic E-state index is 12.4. The molecule has 0 fully saturated rings. The fourth-order valence-electron chi connectivity index (χ4n) is 2.26. The maximum Gasteiger partial charge on any atom is 0.277 e. The number of hydrogen-bond donors (Lipinski definition) is 1. The molecule has 0 radical (unpaired) electrons. The van der Waals surface area contributed by atoms with Gasteiger partial charge in [-0.3, -0.25) is 4.79 Å². The highest BCUT2D eigenvalue weighted by atomic mass is 35.5. The van der Waals surface area contributed by atoms with Crippen molar-refractivity contribution in [1.29, 1.82) is 0 Å². The normalized spacial score (nSPS) is 10.6. The molecule has 22 heavy (non-hydrogen) atoms. The molecule has 0 aliphatic heterocycles. The lowest BCUT2D eigenvalue weighted by Crippen LogP contribution is -2.16. The highest BCUT2D eigenvalue weighted by molar-refractivity contribution is 6.33. The number of carbonyl (C=O) groups is 1. The molecule has 5 heteroatoms. The van der Waals surface area contributed by atoms with Crippen molar-refractivity contribution >= 4 is 34.2 Å². The van der Waals surface area contributed by atoms with Crippen LogP contribution in [-0.4, -0.2) is 15.9 Å². The molecule has 1 N–H and O–H groups in total. The third kappa shape index (κ3) is 2.78. The van der Waals surface area contributed by atoms with Gasteiger partial charge < -0.3 is 5.32 Å². The summed E-state index contributed by atoms with van der Waals surface area (Å²) < 4.78 is 0. The Bertz CT molecular complexity index is 848. The van der Waals surface area contributed by atoms with Gasteiger partial charge in [0.15, 0.2) is 10.8 Å². The molecule has 0 saturated carbocycles. The van der Waals surface area contributed by atoms with Crippen LogP contribution in [0, 0.1) is 0 Å². The molecule has 1 heterocycles. The van der Waals surface area contributed by atoms with Crippen molar-refractivity contribution in [2.45, 2.75) is 13.3 Å². The zero-order chi connectivity index (χ0) is 15.5. The van der Waals surface area contributed by atoms with Crippen molar-refractivity contribution in [3.63, 3.8) is 0 Å². The van der Waals surface area contributed by atoms with Crippen LogP contribution in [0.25, 0.3) is 11.0 Å². The van der Waals surface area contributed by atoms with Crippen LogP contribution in [0.3, 0.4) is 0 Å². The second kappa shape index (κ2) is 6.12. The van der Waals surface area contributed by atoms with E-state index in [1.54, 1.807) is 6.07 Å². The first-order chi connectivity index (χ1) is 10.7. The van der Waals surface area contributed by atoms with Crippen molar-refractivity contribution in [3.05, 3.63) is 64.9 Å². The van der Waals surface area contributed by atoms with Gasteiger partial charge in [-0.05, 0) is 30.2 Å². The van der Waals surface area contributed by atoms with Crippen molar-refractivity contribution in [1.82, 2.24) is 9.97 Å². The van der Waals surface area contributed by atoms with E-state index in [1.165, 1.54) is 0 Å². The third-order valence-corrected chi connectivity index (χ3v) is 3.65. The van der Waals surface area contributed by atoms with Crippen LogP contribution >= 0.6 is 11.6 Å². The molecule has 4 nitrogen and oxygen atoms in total. The van der Waals surface area contributed by atoms with Crippen molar-refractivity contribution in [2.24, 2.45) is 0 Å². The molecule has 3 aromatic rings. The lowest BCUT2D eigenvalue weighted by Gasteiger charge is -2.10. The minimum Gasteiger partial charge on any atom is -0.320 e. The molecule has 0 aliphatic rings. The van der Waals surface area contributed by atoms with Crippen LogP contribution in [0.15, 0.2) is 48.5 Å². The summed E-state index contributed by atoms with van der Waals surface area (Å²) in [6.45, 7) is 2.04. The monoisotopic (exact) mass is 311 g/mol. The van der Waals surface area contributed by atoms with E-state index in [1.807, 2.05) is 49.4 Å². The molecule has 3 rings (SSSR count). The van der Waals surface area contributed by atoms with E-state index in [9.17, 15) is 4.79 Å². The minimum absolute atomic E-state index is 0.102. The first-order valence-corrected chi connectivity index (χ1v) is 7.38. The maximum absolute atomic E-state index is 12.4. The molecular weight excluding hydrogens is 298 g/mol. The third-order valence-electron chi connectivity index (χ3n) is 3.39. The molecule has 0 atom stereocenters. The number of nitrogens with one attached hydrogen (secondary N) is 1. The quantitative estimate of drug-likeness (QED) is 0.792. The summed E-state index contributed by atoms with van der Waals surface area (Å²) in [6, 6.07) is 15.0. The van der Waals surface area contributed by atoms with E-state index < -0.39 is 0 Å². The molecule has 2 aromatic carbocycles. The number of carbonyl (C=O) groups excluding carboxylic acids is 1. The zero-order valence-corrected chi connectivity index (χ0v) is 12.8. The molecule has 0 saturated heterocycles. The molecule has 1 amide bonds.